The Morgan fingerprint density at radius 1 is 0.333 bits per heavy atom. The molecule has 2 aromatic rings. The van der Waals surface area contributed by atoms with Crippen molar-refractivity contribution in [1.82, 2.24) is 0 Å². The zero-order valence-electron chi connectivity index (χ0n) is 10.7. The van der Waals surface area contributed by atoms with E-state index in [0.717, 1.165) is 0 Å². The predicted octanol–water partition coefficient (Wildman–Crippen LogP) is 10.4. The average Bonchev–Trinajstić information content (AvgIpc) is 2.55. The van der Waals surface area contributed by atoms with Gasteiger partial charge in [0.1, 0.15) is 5.38 Å². The van der Waals surface area contributed by atoms with Crippen molar-refractivity contribution >= 4 is 128 Å². The smallest absolute Gasteiger partial charge is 0.106 e. The van der Waals surface area contributed by atoms with Crippen LogP contribution >= 0.6 is 128 Å². The molecule has 24 heavy (non-hydrogen) atoms. The normalized spacial score (nSPS) is 11.5. The molecule has 2 aromatic carbocycles. The standard InChI is InChI=1S/C13Cl11/c14-3(1-4(15)8(19)12(23)9(20)5(1)16)2-6(17)10(21)13(24)11(22)7(2)18. The zero-order valence-corrected chi connectivity index (χ0v) is 19.0. The van der Waals surface area contributed by atoms with Crippen molar-refractivity contribution in [2.75, 3.05) is 0 Å². The van der Waals surface area contributed by atoms with Gasteiger partial charge in [-0.15, -0.1) is 11.6 Å². The molecule has 0 atom stereocenters. The minimum absolute atomic E-state index is 0.0223. The highest BCUT2D eigenvalue weighted by Gasteiger charge is 2.31. The summed E-state index contributed by atoms with van der Waals surface area (Å²) in [6.45, 7) is 0. The second kappa shape index (κ2) is 8.33. The van der Waals surface area contributed by atoms with Crippen molar-refractivity contribution in [3.05, 3.63) is 66.7 Å². The van der Waals surface area contributed by atoms with E-state index < -0.39 is 0 Å². The van der Waals surface area contributed by atoms with Gasteiger partial charge in [-0.25, -0.2) is 0 Å². The van der Waals surface area contributed by atoms with Gasteiger partial charge in [-0.1, -0.05) is 116 Å². The van der Waals surface area contributed by atoms with Crippen LogP contribution in [0.4, 0.5) is 0 Å². The van der Waals surface area contributed by atoms with E-state index in [1.165, 1.54) is 0 Å². The molecule has 0 aromatic heterocycles. The van der Waals surface area contributed by atoms with Crippen LogP contribution in [0.5, 0.6) is 0 Å². The van der Waals surface area contributed by atoms with E-state index in [9.17, 15) is 0 Å². The van der Waals surface area contributed by atoms with Gasteiger partial charge in [-0.3, -0.25) is 0 Å². The Hall–Kier alpha value is 1.63. The van der Waals surface area contributed by atoms with Crippen LogP contribution in [0.2, 0.25) is 50.2 Å². The highest BCUT2D eigenvalue weighted by Crippen LogP contribution is 2.53. The molecule has 0 fully saturated rings. The van der Waals surface area contributed by atoms with Crippen LogP contribution in [0, 0.1) is 5.38 Å². The summed E-state index contributed by atoms with van der Waals surface area (Å²) in [4.78, 5) is 0. The molecular formula is C13Cl11. The van der Waals surface area contributed by atoms with Gasteiger partial charge >= 0.3 is 0 Å². The van der Waals surface area contributed by atoms with E-state index in [1.807, 2.05) is 0 Å². The number of hydrogen-bond donors (Lipinski definition) is 0. The number of rotatable bonds is 2. The van der Waals surface area contributed by atoms with E-state index in [1.54, 1.807) is 0 Å². The summed E-state index contributed by atoms with van der Waals surface area (Å²) in [6, 6.07) is 0. The third kappa shape index (κ3) is 3.64. The lowest BCUT2D eigenvalue weighted by atomic mass is 10.0. The second-order valence-corrected chi connectivity index (χ2v) is 8.36. The molecule has 11 heteroatoms. The summed E-state index contributed by atoms with van der Waals surface area (Å²) in [5.41, 5.74) is 0.135. The first-order valence-electron chi connectivity index (χ1n) is 5.58. The monoisotopic (exact) mass is 541 g/mol. The topological polar surface area (TPSA) is 0 Å². The van der Waals surface area contributed by atoms with E-state index in [0.29, 0.717) is 0 Å². The van der Waals surface area contributed by atoms with Gasteiger partial charge in [0.25, 0.3) is 0 Å². The SMILES string of the molecule is Cl[C](c1c(Cl)c(Cl)c(Cl)c(Cl)c1Cl)c1c(Cl)c(Cl)c(Cl)c(Cl)c1Cl. The molecule has 2 rings (SSSR count). The number of halogens is 11. The Labute approximate surface area is 192 Å². The zero-order chi connectivity index (χ0) is 18.5. The first kappa shape index (κ1) is 21.9. The summed E-state index contributed by atoms with van der Waals surface area (Å²) in [5.74, 6) is 0. The minimum Gasteiger partial charge on any atom is -0.106 e. The van der Waals surface area contributed by atoms with Gasteiger partial charge in [0.2, 0.25) is 0 Å². The molecule has 0 amide bonds. The summed E-state index contributed by atoms with van der Waals surface area (Å²) in [6.07, 6.45) is 0. The highest BCUT2D eigenvalue weighted by molar-refractivity contribution is 6.58. The molecular weight excluding hydrogens is 546 g/mol. The van der Waals surface area contributed by atoms with Gasteiger partial charge in [0, 0.05) is 11.1 Å². The molecule has 0 aliphatic heterocycles. The minimum atomic E-state index is -0.0825. The fourth-order valence-corrected chi connectivity index (χ4v) is 4.95. The van der Waals surface area contributed by atoms with Crippen LogP contribution < -0.4 is 0 Å². The Morgan fingerprint density at radius 2 is 0.500 bits per heavy atom. The molecule has 0 aliphatic rings. The Morgan fingerprint density at radius 3 is 0.708 bits per heavy atom. The molecule has 0 saturated carbocycles. The van der Waals surface area contributed by atoms with Crippen LogP contribution in [0.25, 0.3) is 0 Å². The molecule has 0 spiro atoms. The molecule has 0 N–H and O–H groups in total. The van der Waals surface area contributed by atoms with Crippen molar-refractivity contribution in [2.24, 2.45) is 0 Å². The third-order valence-electron chi connectivity index (χ3n) is 2.86. The van der Waals surface area contributed by atoms with Crippen molar-refractivity contribution in [3.8, 4) is 0 Å². The van der Waals surface area contributed by atoms with Crippen molar-refractivity contribution in [3.63, 3.8) is 0 Å². The maximum atomic E-state index is 6.40. The first-order valence-corrected chi connectivity index (χ1v) is 9.74. The fourth-order valence-electron chi connectivity index (χ4n) is 1.72. The molecule has 0 unspecified atom stereocenters. The van der Waals surface area contributed by atoms with Crippen molar-refractivity contribution in [1.29, 1.82) is 0 Å². The van der Waals surface area contributed by atoms with Gasteiger partial charge < -0.3 is 0 Å². The molecule has 129 valence electrons. The van der Waals surface area contributed by atoms with E-state index in [4.69, 9.17) is 128 Å². The third-order valence-corrected chi connectivity index (χ3v) is 7.79. The number of benzene rings is 2. The average molecular weight is 546 g/mol. The van der Waals surface area contributed by atoms with Crippen LogP contribution in [0.1, 0.15) is 11.1 Å². The van der Waals surface area contributed by atoms with Crippen LogP contribution in [-0.4, -0.2) is 0 Å². The maximum Gasteiger partial charge on any atom is 0.128 e. The van der Waals surface area contributed by atoms with Gasteiger partial charge in [0.05, 0.1) is 50.2 Å². The largest absolute Gasteiger partial charge is 0.128 e. The second-order valence-electron chi connectivity index (χ2n) is 4.20. The van der Waals surface area contributed by atoms with Crippen LogP contribution in [0.15, 0.2) is 0 Å². The Balaban J connectivity index is 2.84. The summed E-state index contributed by atoms with van der Waals surface area (Å²) in [7, 11) is 0. The van der Waals surface area contributed by atoms with Crippen LogP contribution in [-0.2, 0) is 0 Å². The fraction of sp³-hybridized carbons (Fsp3) is 0. The van der Waals surface area contributed by atoms with Crippen molar-refractivity contribution < 1.29 is 0 Å². The van der Waals surface area contributed by atoms with E-state index >= 15 is 0 Å². The Kier molecular flexibility index (Phi) is 7.61. The van der Waals surface area contributed by atoms with Gasteiger partial charge in [-0.2, -0.15) is 0 Å². The summed E-state index contributed by atoms with van der Waals surface area (Å²) in [5, 5.41) is -0.480. The molecule has 0 aliphatic carbocycles. The van der Waals surface area contributed by atoms with Crippen molar-refractivity contribution in [2.45, 2.75) is 0 Å². The van der Waals surface area contributed by atoms with E-state index in [-0.39, 0.29) is 66.7 Å². The summed E-state index contributed by atoms with van der Waals surface area (Å²) >= 11 is 67.2. The van der Waals surface area contributed by atoms with Crippen LogP contribution in [0.3, 0.4) is 0 Å². The van der Waals surface area contributed by atoms with E-state index in [2.05, 4.69) is 0 Å². The maximum absolute atomic E-state index is 6.40. The lowest BCUT2D eigenvalue weighted by Gasteiger charge is -2.20. The lowest BCUT2D eigenvalue weighted by molar-refractivity contribution is 1.38. The highest BCUT2D eigenvalue weighted by atomic mass is 35.5. The predicted molar refractivity (Wildman–Crippen MR) is 110 cm³/mol. The number of hydrogen-bond acceptors (Lipinski definition) is 0. The quantitative estimate of drug-likeness (QED) is 0.260. The summed E-state index contributed by atoms with van der Waals surface area (Å²) < 4.78 is 0. The molecule has 0 heterocycles. The lowest BCUT2D eigenvalue weighted by Crippen LogP contribution is -2.02. The van der Waals surface area contributed by atoms with Gasteiger partial charge in [0.15, 0.2) is 0 Å². The Bertz CT molecular complexity index is 715. The molecule has 1 radical (unpaired) electrons. The first-order chi connectivity index (χ1) is 11.0. The molecule has 0 bridgehead atoms. The van der Waals surface area contributed by atoms with Gasteiger partial charge in [-0.05, 0) is 0 Å². The molecule has 0 saturated heterocycles. The molecule has 0 nitrogen and oxygen atoms in total.